The molecule has 0 fully saturated rings. The molecule has 0 bridgehead atoms. The fraction of sp³-hybridized carbons (Fsp3) is 0.0625. The van der Waals surface area contributed by atoms with Gasteiger partial charge in [-0.1, -0.05) is 48.0 Å². The van der Waals surface area contributed by atoms with Crippen molar-refractivity contribution < 1.29 is 0 Å². The maximum absolute atomic E-state index is 6.44. The summed E-state index contributed by atoms with van der Waals surface area (Å²) >= 11 is 8.75. The Balaban J connectivity index is 2.34. The Hall–Kier alpha value is -1.13. The van der Waals surface area contributed by atoms with E-state index >= 15 is 0 Å². The number of aryl methyl sites for hydroxylation is 1. The number of fused-ring (bicyclic) bond motifs is 1. The molecular formula is C16H11ClIN. The van der Waals surface area contributed by atoms with Gasteiger partial charge in [-0.3, -0.25) is 0 Å². The lowest BCUT2D eigenvalue weighted by Crippen LogP contribution is -1.91. The molecule has 94 valence electrons. The van der Waals surface area contributed by atoms with Crippen LogP contribution in [0, 0.1) is 10.5 Å². The molecule has 3 rings (SSSR count). The van der Waals surface area contributed by atoms with E-state index in [1.54, 1.807) is 0 Å². The highest BCUT2D eigenvalue weighted by Gasteiger charge is 2.10. The summed E-state index contributed by atoms with van der Waals surface area (Å²) in [4.78, 5) is 4.78. The van der Waals surface area contributed by atoms with Gasteiger partial charge >= 0.3 is 0 Å². The Bertz CT molecular complexity index is 754. The van der Waals surface area contributed by atoms with Crippen molar-refractivity contribution in [2.75, 3.05) is 0 Å². The molecule has 0 saturated heterocycles. The van der Waals surface area contributed by atoms with Crippen molar-refractivity contribution in [2.45, 2.75) is 6.92 Å². The van der Waals surface area contributed by atoms with Crippen LogP contribution >= 0.6 is 34.2 Å². The summed E-state index contributed by atoms with van der Waals surface area (Å²) in [6.45, 7) is 2.07. The minimum absolute atomic E-state index is 0.761. The van der Waals surface area contributed by atoms with Gasteiger partial charge in [-0.2, -0.15) is 0 Å². The molecule has 0 N–H and O–H groups in total. The molecule has 3 heteroatoms. The normalized spacial score (nSPS) is 10.9. The summed E-state index contributed by atoms with van der Waals surface area (Å²) in [6, 6.07) is 16.2. The Morgan fingerprint density at radius 3 is 2.53 bits per heavy atom. The Morgan fingerprint density at radius 2 is 1.79 bits per heavy atom. The number of rotatable bonds is 1. The van der Waals surface area contributed by atoms with Crippen molar-refractivity contribution in [3.63, 3.8) is 0 Å². The van der Waals surface area contributed by atoms with Crippen LogP contribution in [0.3, 0.4) is 0 Å². The molecule has 2 aromatic carbocycles. The third kappa shape index (κ3) is 2.35. The smallest absolute Gasteiger partial charge is 0.0764 e. The molecule has 0 aliphatic rings. The first-order valence-electron chi connectivity index (χ1n) is 5.97. The van der Waals surface area contributed by atoms with E-state index in [2.05, 4.69) is 41.6 Å². The van der Waals surface area contributed by atoms with Gasteiger partial charge in [-0.05, 0) is 47.2 Å². The van der Waals surface area contributed by atoms with E-state index in [-0.39, 0.29) is 0 Å². The van der Waals surface area contributed by atoms with Crippen LogP contribution in [0.15, 0.2) is 48.5 Å². The fourth-order valence-corrected chi connectivity index (χ4v) is 3.32. The second kappa shape index (κ2) is 5.10. The minimum Gasteiger partial charge on any atom is -0.247 e. The van der Waals surface area contributed by atoms with Crippen molar-refractivity contribution >= 4 is 45.1 Å². The Kier molecular flexibility index (Phi) is 3.46. The van der Waals surface area contributed by atoms with E-state index in [1.165, 1.54) is 0 Å². The van der Waals surface area contributed by atoms with E-state index in [0.717, 1.165) is 36.3 Å². The molecule has 0 saturated carbocycles. The number of hydrogen-bond acceptors (Lipinski definition) is 1. The van der Waals surface area contributed by atoms with Crippen LogP contribution in [0.4, 0.5) is 0 Å². The van der Waals surface area contributed by atoms with Crippen molar-refractivity contribution in [3.8, 4) is 11.3 Å². The van der Waals surface area contributed by atoms with Crippen molar-refractivity contribution in [2.24, 2.45) is 0 Å². The predicted octanol–water partition coefficient (Wildman–Crippen LogP) is 5.47. The number of halogens is 2. The number of pyridine rings is 1. The molecule has 1 aromatic heterocycles. The van der Waals surface area contributed by atoms with Crippen LogP contribution in [-0.2, 0) is 0 Å². The molecule has 1 heterocycles. The highest BCUT2D eigenvalue weighted by Crippen LogP contribution is 2.32. The van der Waals surface area contributed by atoms with Gasteiger partial charge in [0.1, 0.15) is 0 Å². The van der Waals surface area contributed by atoms with Gasteiger partial charge in [0.2, 0.25) is 0 Å². The number of aromatic nitrogens is 1. The molecule has 0 spiro atoms. The van der Waals surface area contributed by atoms with Gasteiger partial charge in [0.15, 0.2) is 0 Å². The summed E-state index contributed by atoms with van der Waals surface area (Å²) in [5, 5.41) is 1.80. The lowest BCUT2D eigenvalue weighted by Gasteiger charge is -2.09. The lowest BCUT2D eigenvalue weighted by molar-refractivity contribution is 1.35. The fourth-order valence-electron chi connectivity index (χ4n) is 2.14. The average Bonchev–Trinajstić information content (AvgIpc) is 2.43. The zero-order valence-corrected chi connectivity index (χ0v) is 13.2. The van der Waals surface area contributed by atoms with Crippen LogP contribution in [-0.4, -0.2) is 4.98 Å². The number of nitrogens with zero attached hydrogens (tertiary/aromatic N) is 1. The van der Waals surface area contributed by atoms with E-state index in [4.69, 9.17) is 16.6 Å². The zero-order chi connectivity index (χ0) is 13.4. The van der Waals surface area contributed by atoms with Crippen LogP contribution in [0.5, 0.6) is 0 Å². The first kappa shape index (κ1) is 12.9. The van der Waals surface area contributed by atoms with E-state index in [0.29, 0.717) is 0 Å². The van der Waals surface area contributed by atoms with Crippen LogP contribution in [0.25, 0.3) is 22.2 Å². The summed E-state index contributed by atoms with van der Waals surface area (Å²) in [5.41, 5.74) is 4.14. The Labute approximate surface area is 130 Å². The molecule has 0 amide bonds. The van der Waals surface area contributed by atoms with Crippen molar-refractivity contribution in [1.82, 2.24) is 4.98 Å². The summed E-state index contributed by atoms with van der Waals surface area (Å²) in [7, 11) is 0. The van der Waals surface area contributed by atoms with Crippen LogP contribution < -0.4 is 0 Å². The average molecular weight is 380 g/mol. The molecule has 19 heavy (non-hydrogen) atoms. The summed E-state index contributed by atoms with van der Waals surface area (Å²) in [6.07, 6.45) is 0. The molecule has 0 aliphatic heterocycles. The molecular weight excluding hydrogens is 369 g/mol. The van der Waals surface area contributed by atoms with Gasteiger partial charge < -0.3 is 0 Å². The molecule has 0 radical (unpaired) electrons. The minimum atomic E-state index is 0.761. The van der Waals surface area contributed by atoms with Gasteiger partial charge in [0.05, 0.1) is 16.2 Å². The predicted molar refractivity (Wildman–Crippen MR) is 89.6 cm³/mol. The van der Waals surface area contributed by atoms with Crippen molar-refractivity contribution in [3.05, 3.63) is 62.7 Å². The SMILES string of the molecule is Cc1ccc(I)c2c(Cl)cc(-c3ccccc3)nc12. The molecule has 1 nitrogen and oxygen atoms in total. The topological polar surface area (TPSA) is 12.9 Å². The molecule has 0 aliphatic carbocycles. The third-order valence-corrected chi connectivity index (χ3v) is 4.33. The Morgan fingerprint density at radius 1 is 1.05 bits per heavy atom. The highest BCUT2D eigenvalue weighted by molar-refractivity contribution is 14.1. The van der Waals surface area contributed by atoms with Gasteiger partial charge in [-0.25, -0.2) is 4.98 Å². The summed E-state index contributed by atoms with van der Waals surface area (Å²) < 4.78 is 1.13. The molecule has 0 atom stereocenters. The van der Waals surface area contributed by atoms with Gasteiger partial charge in [0, 0.05) is 14.5 Å². The monoisotopic (exact) mass is 379 g/mol. The third-order valence-electron chi connectivity index (χ3n) is 3.13. The zero-order valence-electron chi connectivity index (χ0n) is 10.3. The van der Waals surface area contributed by atoms with Gasteiger partial charge in [0.25, 0.3) is 0 Å². The largest absolute Gasteiger partial charge is 0.247 e. The highest BCUT2D eigenvalue weighted by atomic mass is 127. The number of hydrogen-bond donors (Lipinski definition) is 0. The standard InChI is InChI=1S/C16H11ClIN/c1-10-7-8-13(18)15-12(17)9-14(19-16(10)15)11-5-3-2-4-6-11/h2-9H,1H3. The summed E-state index contributed by atoms with van der Waals surface area (Å²) in [5.74, 6) is 0. The lowest BCUT2D eigenvalue weighted by atomic mass is 10.1. The van der Waals surface area contributed by atoms with E-state index in [1.807, 2.05) is 36.4 Å². The quantitative estimate of drug-likeness (QED) is 0.511. The number of benzene rings is 2. The van der Waals surface area contributed by atoms with Crippen molar-refractivity contribution in [1.29, 1.82) is 0 Å². The first-order chi connectivity index (χ1) is 9.16. The maximum Gasteiger partial charge on any atom is 0.0764 e. The second-order valence-electron chi connectivity index (χ2n) is 4.44. The molecule has 0 unspecified atom stereocenters. The van der Waals surface area contributed by atoms with Crippen LogP contribution in [0.2, 0.25) is 5.02 Å². The van der Waals surface area contributed by atoms with E-state index < -0.39 is 0 Å². The first-order valence-corrected chi connectivity index (χ1v) is 7.43. The molecule has 3 aromatic rings. The maximum atomic E-state index is 6.44. The van der Waals surface area contributed by atoms with E-state index in [9.17, 15) is 0 Å². The van der Waals surface area contributed by atoms with Crippen LogP contribution in [0.1, 0.15) is 5.56 Å². The van der Waals surface area contributed by atoms with Gasteiger partial charge in [-0.15, -0.1) is 0 Å². The second-order valence-corrected chi connectivity index (χ2v) is 6.01.